The van der Waals surface area contributed by atoms with Gasteiger partial charge < -0.3 is 14.5 Å². The monoisotopic (exact) mass is 291 g/mol. The second kappa shape index (κ2) is 6.33. The number of hydrogen-bond acceptors (Lipinski definition) is 4. The Hall–Kier alpha value is -1.78. The van der Waals surface area contributed by atoms with Crippen molar-refractivity contribution >= 4 is 11.9 Å². The minimum Gasteiger partial charge on any atom is -0.450 e. The number of hydrogen-bond donors (Lipinski definition) is 0. The maximum absolute atomic E-state index is 11.7. The Bertz CT molecular complexity index is 471. The van der Waals surface area contributed by atoms with Gasteiger partial charge in [-0.15, -0.1) is 0 Å². The zero-order valence-corrected chi connectivity index (χ0v) is 13.4. The van der Waals surface area contributed by atoms with Crippen molar-refractivity contribution in [2.24, 2.45) is 0 Å². The van der Waals surface area contributed by atoms with Gasteiger partial charge in [0.05, 0.1) is 6.61 Å². The van der Waals surface area contributed by atoms with E-state index in [1.807, 2.05) is 13.1 Å². The zero-order chi connectivity index (χ0) is 15.5. The van der Waals surface area contributed by atoms with Crippen LogP contribution in [0.1, 0.15) is 33.3 Å². The van der Waals surface area contributed by atoms with Crippen molar-refractivity contribution in [1.29, 1.82) is 0 Å². The molecule has 0 N–H and O–H groups in total. The maximum atomic E-state index is 11.7. The number of anilines is 1. The number of carbonyl (C=O) groups is 1. The molecule has 1 aliphatic rings. The molecule has 21 heavy (non-hydrogen) atoms. The molecule has 0 aromatic carbocycles. The van der Waals surface area contributed by atoms with Crippen LogP contribution in [0.25, 0.3) is 0 Å². The Morgan fingerprint density at radius 2 is 1.90 bits per heavy atom. The van der Waals surface area contributed by atoms with E-state index in [9.17, 15) is 4.79 Å². The fourth-order valence-electron chi connectivity index (χ4n) is 2.35. The number of rotatable bonds is 2. The summed E-state index contributed by atoms with van der Waals surface area (Å²) in [6.45, 7) is 11.7. The van der Waals surface area contributed by atoms with Crippen LogP contribution >= 0.6 is 0 Å². The Balaban J connectivity index is 1.95. The van der Waals surface area contributed by atoms with Gasteiger partial charge in [-0.05, 0) is 24.0 Å². The van der Waals surface area contributed by atoms with E-state index in [-0.39, 0.29) is 11.5 Å². The van der Waals surface area contributed by atoms with Crippen LogP contribution in [0.4, 0.5) is 10.6 Å². The summed E-state index contributed by atoms with van der Waals surface area (Å²) in [5.74, 6) is 0.978. The van der Waals surface area contributed by atoms with Gasteiger partial charge in [0.25, 0.3) is 0 Å². The van der Waals surface area contributed by atoms with Crippen LogP contribution < -0.4 is 4.90 Å². The lowest BCUT2D eigenvalue weighted by atomic mass is 9.88. The largest absolute Gasteiger partial charge is 0.450 e. The molecule has 0 atom stereocenters. The van der Waals surface area contributed by atoms with E-state index in [1.165, 1.54) is 5.56 Å². The third kappa shape index (κ3) is 3.86. The zero-order valence-electron chi connectivity index (χ0n) is 13.4. The van der Waals surface area contributed by atoms with Gasteiger partial charge in [0.2, 0.25) is 0 Å². The first-order valence-electron chi connectivity index (χ1n) is 7.55. The maximum Gasteiger partial charge on any atom is 0.409 e. The van der Waals surface area contributed by atoms with Gasteiger partial charge in [-0.25, -0.2) is 9.78 Å². The van der Waals surface area contributed by atoms with Crippen molar-refractivity contribution in [2.45, 2.75) is 33.1 Å². The number of ether oxygens (including phenoxy) is 1. The summed E-state index contributed by atoms with van der Waals surface area (Å²) in [6.07, 6.45) is 1.74. The molecule has 116 valence electrons. The molecule has 1 aliphatic heterocycles. The molecule has 2 heterocycles. The molecule has 5 heteroatoms. The van der Waals surface area contributed by atoms with E-state index in [0.717, 1.165) is 18.9 Å². The number of aromatic nitrogens is 1. The topological polar surface area (TPSA) is 45.7 Å². The molecule has 0 radical (unpaired) electrons. The Morgan fingerprint density at radius 3 is 2.38 bits per heavy atom. The van der Waals surface area contributed by atoms with Crippen LogP contribution in [0.5, 0.6) is 0 Å². The van der Waals surface area contributed by atoms with Crippen molar-refractivity contribution in [3.63, 3.8) is 0 Å². The van der Waals surface area contributed by atoms with Gasteiger partial charge in [-0.3, -0.25) is 0 Å². The number of nitrogens with zero attached hydrogens (tertiary/aromatic N) is 3. The Morgan fingerprint density at radius 1 is 1.24 bits per heavy atom. The molecule has 0 unspecified atom stereocenters. The van der Waals surface area contributed by atoms with Gasteiger partial charge in [0.1, 0.15) is 5.82 Å². The van der Waals surface area contributed by atoms with Gasteiger partial charge in [-0.2, -0.15) is 0 Å². The van der Waals surface area contributed by atoms with E-state index in [2.05, 4.69) is 42.8 Å². The molecular weight excluding hydrogens is 266 g/mol. The number of piperazine rings is 1. The smallest absolute Gasteiger partial charge is 0.409 e. The van der Waals surface area contributed by atoms with Crippen molar-refractivity contribution in [3.8, 4) is 0 Å². The minimum absolute atomic E-state index is 0.119. The van der Waals surface area contributed by atoms with Crippen molar-refractivity contribution in [1.82, 2.24) is 9.88 Å². The van der Waals surface area contributed by atoms with Gasteiger partial charge in [0, 0.05) is 32.4 Å². The molecule has 1 fully saturated rings. The van der Waals surface area contributed by atoms with Gasteiger partial charge in [0.15, 0.2) is 0 Å². The molecule has 1 saturated heterocycles. The highest BCUT2D eigenvalue weighted by Crippen LogP contribution is 2.23. The molecule has 0 bridgehead atoms. The van der Waals surface area contributed by atoms with Crippen LogP contribution in [0.2, 0.25) is 0 Å². The lowest BCUT2D eigenvalue weighted by Gasteiger charge is -2.34. The fraction of sp³-hybridized carbons (Fsp3) is 0.625. The van der Waals surface area contributed by atoms with E-state index in [4.69, 9.17) is 4.74 Å². The summed E-state index contributed by atoms with van der Waals surface area (Å²) in [5.41, 5.74) is 1.35. The summed E-state index contributed by atoms with van der Waals surface area (Å²) in [5, 5.41) is 0. The van der Waals surface area contributed by atoms with Crippen LogP contribution in [-0.4, -0.2) is 48.8 Å². The highest BCUT2D eigenvalue weighted by molar-refractivity contribution is 5.68. The van der Waals surface area contributed by atoms with Crippen LogP contribution in [0, 0.1) is 0 Å². The highest BCUT2D eigenvalue weighted by Gasteiger charge is 2.23. The normalized spacial score (nSPS) is 16.0. The molecule has 0 aliphatic carbocycles. The SMILES string of the molecule is CCOC(=O)N1CCN(c2ccc(C(C)(C)C)cn2)CC1. The van der Waals surface area contributed by atoms with Crippen LogP contribution in [0.15, 0.2) is 18.3 Å². The van der Waals surface area contributed by atoms with E-state index in [0.29, 0.717) is 19.7 Å². The third-order valence-corrected chi connectivity index (χ3v) is 3.74. The van der Waals surface area contributed by atoms with E-state index in [1.54, 1.807) is 4.90 Å². The quantitative estimate of drug-likeness (QED) is 0.840. The van der Waals surface area contributed by atoms with Crippen LogP contribution in [0.3, 0.4) is 0 Å². The number of pyridine rings is 1. The first-order valence-corrected chi connectivity index (χ1v) is 7.55. The standard InChI is InChI=1S/C16H25N3O2/c1-5-21-15(20)19-10-8-18(9-11-19)14-7-6-13(12-17-14)16(2,3)4/h6-7,12H,5,8-11H2,1-4H3. The second-order valence-corrected chi connectivity index (χ2v) is 6.33. The third-order valence-electron chi connectivity index (χ3n) is 3.74. The molecule has 0 spiro atoms. The van der Waals surface area contributed by atoms with Crippen LogP contribution in [-0.2, 0) is 10.2 Å². The summed E-state index contributed by atoms with van der Waals surface area (Å²) >= 11 is 0. The molecule has 1 amide bonds. The number of carbonyl (C=O) groups excluding carboxylic acids is 1. The Kier molecular flexibility index (Phi) is 4.70. The fourth-order valence-corrected chi connectivity index (χ4v) is 2.35. The molecule has 5 nitrogen and oxygen atoms in total. The molecule has 1 aromatic heterocycles. The summed E-state index contributed by atoms with van der Waals surface area (Å²) in [4.78, 5) is 20.2. The van der Waals surface area contributed by atoms with Crippen molar-refractivity contribution in [3.05, 3.63) is 23.9 Å². The summed E-state index contributed by atoms with van der Waals surface area (Å²) in [7, 11) is 0. The lowest BCUT2D eigenvalue weighted by molar-refractivity contribution is 0.105. The number of amides is 1. The lowest BCUT2D eigenvalue weighted by Crippen LogP contribution is -2.49. The predicted molar refractivity (Wildman–Crippen MR) is 83.7 cm³/mol. The van der Waals surface area contributed by atoms with Crippen molar-refractivity contribution < 1.29 is 9.53 Å². The molecule has 2 rings (SSSR count). The van der Waals surface area contributed by atoms with Gasteiger partial charge in [-0.1, -0.05) is 26.8 Å². The minimum atomic E-state index is -0.215. The molecular formula is C16H25N3O2. The first kappa shape index (κ1) is 15.6. The summed E-state index contributed by atoms with van der Waals surface area (Å²) in [6, 6.07) is 4.21. The van der Waals surface area contributed by atoms with Gasteiger partial charge >= 0.3 is 6.09 Å². The first-order chi connectivity index (χ1) is 9.91. The second-order valence-electron chi connectivity index (χ2n) is 6.33. The van der Waals surface area contributed by atoms with E-state index >= 15 is 0 Å². The summed E-state index contributed by atoms with van der Waals surface area (Å²) < 4.78 is 5.03. The van der Waals surface area contributed by atoms with Crippen molar-refractivity contribution in [2.75, 3.05) is 37.7 Å². The Labute approximate surface area is 126 Å². The van der Waals surface area contributed by atoms with E-state index < -0.39 is 0 Å². The predicted octanol–water partition coefficient (Wildman–Crippen LogP) is 2.66. The average molecular weight is 291 g/mol. The average Bonchev–Trinajstić information content (AvgIpc) is 2.47. The molecule has 0 saturated carbocycles. The molecule has 1 aromatic rings. The highest BCUT2D eigenvalue weighted by atomic mass is 16.6.